The fraction of sp³-hybridized carbons (Fsp3) is 1.00. The Morgan fingerprint density at radius 2 is 1.92 bits per heavy atom. The lowest BCUT2D eigenvalue weighted by Crippen LogP contribution is -2.10. The summed E-state index contributed by atoms with van der Waals surface area (Å²) >= 11 is 3.53. The van der Waals surface area contributed by atoms with Crippen LogP contribution in [0.1, 0.15) is 40.0 Å². The molecule has 0 spiro atoms. The van der Waals surface area contributed by atoms with Crippen molar-refractivity contribution in [3.8, 4) is 0 Å². The minimum Gasteiger partial charge on any atom is -0.379 e. The Morgan fingerprint density at radius 1 is 1.25 bits per heavy atom. The number of hydrogen-bond acceptors (Lipinski definition) is 1. The molecule has 0 radical (unpaired) electrons. The van der Waals surface area contributed by atoms with Gasteiger partial charge in [-0.3, -0.25) is 0 Å². The van der Waals surface area contributed by atoms with Gasteiger partial charge >= 0.3 is 0 Å². The van der Waals surface area contributed by atoms with Gasteiger partial charge in [0.2, 0.25) is 0 Å². The largest absolute Gasteiger partial charge is 0.379 e. The number of alkyl halides is 1. The van der Waals surface area contributed by atoms with Crippen LogP contribution in [0.15, 0.2) is 0 Å². The number of ether oxygens (including phenoxy) is 1. The van der Waals surface area contributed by atoms with Crippen molar-refractivity contribution in [2.24, 2.45) is 5.92 Å². The van der Waals surface area contributed by atoms with Gasteiger partial charge in [0.1, 0.15) is 0 Å². The predicted molar refractivity (Wildman–Crippen MR) is 57.9 cm³/mol. The zero-order chi connectivity index (χ0) is 9.40. The Hall–Kier alpha value is 0.440. The van der Waals surface area contributed by atoms with Crippen molar-refractivity contribution < 1.29 is 4.74 Å². The Balaban J connectivity index is 3.31. The molecule has 0 saturated heterocycles. The zero-order valence-electron chi connectivity index (χ0n) is 8.48. The van der Waals surface area contributed by atoms with E-state index in [0.717, 1.165) is 17.9 Å². The van der Waals surface area contributed by atoms with E-state index in [-0.39, 0.29) is 0 Å². The highest BCUT2D eigenvalue weighted by atomic mass is 79.9. The fourth-order valence-electron chi connectivity index (χ4n) is 1.18. The maximum atomic E-state index is 5.50. The molecule has 1 unspecified atom stereocenters. The Kier molecular flexibility index (Phi) is 8.35. The van der Waals surface area contributed by atoms with E-state index >= 15 is 0 Å². The summed E-state index contributed by atoms with van der Waals surface area (Å²) in [5, 5.41) is 1.11. The molecule has 0 aliphatic heterocycles. The molecule has 1 nitrogen and oxygen atoms in total. The molecule has 2 heteroatoms. The van der Waals surface area contributed by atoms with E-state index in [1.807, 2.05) is 0 Å². The van der Waals surface area contributed by atoms with E-state index in [4.69, 9.17) is 4.74 Å². The summed E-state index contributed by atoms with van der Waals surface area (Å²) in [6.07, 6.45) is 4.16. The molecule has 74 valence electrons. The zero-order valence-corrected chi connectivity index (χ0v) is 10.1. The lowest BCUT2D eigenvalue weighted by Gasteiger charge is -2.14. The van der Waals surface area contributed by atoms with Gasteiger partial charge in [0.15, 0.2) is 0 Å². The smallest absolute Gasteiger partial charge is 0.0518 e. The van der Waals surface area contributed by atoms with Gasteiger partial charge in [-0.25, -0.2) is 0 Å². The summed E-state index contributed by atoms with van der Waals surface area (Å²) in [4.78, 5) is 0. The number of hydrogen-bond donors (Lipinski definition) is 0. The van der Waals surface area contributed by atoms with Gasteiger partial charge in [0.25, 0.3) is 0 Å². The molecular weight excluding hydrogens is 216 g/mol. The third-order valence-electron chi connectivity index (χ3n) is 1.89. The van der Waals surface area contributed by atoms with E-state index in [0.29, 0.717) is 6.10 Å². The van der Waals surface area contributed by atoms with E-state index in [1.165, 1.54) is 19.3 Å². The highest BCUT2D eigenvalue weighted by Crippen LogP contribution is 2.14. The SMILES string of the molecule is CCCC(CBr)CCOC(C)C. The molecule has 0 aromatic heterocycles. The summed E-state index contributed by atoms with van der Waals surface area (Å²) < 4.78 is 5.50. The first-order chi connectivity index (χ1) is 5.70. The van der Waals surface area contributed by atoms with Crippen LogP contribution < -0.4 is 0 Å². The monoisotopic (exact) mass is 236 g/mol. The first-order valence-corrected chi connectivity index (χ1v) is 6.00. The average Bonchev–Trinajstić information content (AvgIpc) is 2.02. The van der Waals surface area contributed by atoms with Crippen molar-refractivity contribution in [1.82, 2.24) is 0 Å². The van der Waals surface area contributed by atoms with Crippen LogP contribution in [0.3, 0.4) is 0 Å². The van der Waals surface area contributed by atoms with Crippen molar-refractivity contribution in [2.45, 2.75) is 46.1 Å². The van der Waals surface area contributed by atoms with Gasteiger partial charge in [0.05, 0.1) is 6.10 Å². The Bertz CT molecular complexity index is 93.8. The van der Waals surface area contributed by atoms with E-state index in [1.54, 1.807) is 0 Å². The predicted octanol–water partition coefficient (Wildman–Crippen LogP) is 3.61. The highest BCUT2D eigenvalue weighted by Gasteiger charge is 2.05. The van der Waals surface area contributed by atoms with Crippen LogP contribution in [0.4, 0.5) is 0 Å². The minimum absolute atomic E-state index is 0.377. The normalized spacial score (nSPS) is 13.8. The van der Waals surface area contributed by atoms with Crippen LogP contribution in [0.5, 0.6) is 0 Å². The molecular formula is C10H21BrO. The second kappa shape index (κ2) is 8.06. The molecule has 0 aromatic carbocycles. The third kappa shape index (κ3) is 7.11. The van der Waals surface area contributed by atoms with Crippen molar-refractivity contribution in [3.63, 3.8) is 0 Å². The Labute approximate surface area is 85.0 Å². The van der Waals surface area contributed by atoms with Crippen molar-refractivity contribution >= 4 is 15.9 Å². The summed E-state index contributed by atoms with van der Waals surface area (Å²) in [7, 11) is 0. The summed E-state index contributed by atoms with van der Waals surface area (Å²) in [5.41, 5.74) is 0. The highest BCUT2D eigenvalue weighted by molar-refractivity contribution is 9.09. The molecule has 0 aromatic rings. The van der Waals surface area contributed by atoms with Gasteiger partial charge in [-0.1, -0.05) is 29.3 Å². The second-order valence-electron chi connectivity index (χ2n) is 3.52. The summed E-state index contributed by atoms with van der Waals surface area (Å²) in [6, 6.07) is 0. The van der Waals surface area contributed by atoms with Crippen LogP contribution in [0, 0.1) is 5.92 Å². The molecule has 0 rings (SSSR count). The maximum absolute atomic E-state index is 5.50. The van der Waals surface area contributed by atoms with Crippen molar-refractivity contribution in [3.05, 3.63) is 0 Å². The number of halogens is 1. The van der Waals surface area contributed by atoms with Crippen LogP contribution in [0.2, 0.25) is 0 Å². The van der Waals surface area contributed by atoms with Gasteiger partial charge < -0.3 is 4.74 Å². The lowest BCUT2D eigenvalue weighted by molar-refractivity contribution is 0.0695. The topological polar surface area (TPSA) is 9.23 Å². The molecule has 0 aliphatic rings. The van der Waals surface area contributed by atoms with Crippen LogP contribution in [-0.2, 0) is 4.74 Å². The van der Waals surface area contributed by atoms with E-state index in [9.17, 15) is 0 Å². The molecule has 1 atom stereocenters. The second-order valence-corrected chi connectivity index (χ2v) is 4.16. The molecule has 0 saturated carbocycles. The minimum atomic E-state index is 0.377. The molecule has 0 bridgehead atoms. The van der Waals surface area contributed by atoms with Crippen LogP contribution >= 0.6 is 15.9 Å². The standard InChI is InChI=1S/C10H21BrO/c1-4-5-10(8-11)6-7-12-9(2)3/h9-10H,4-8H2,1-3H3. The summed E-state index contributed by atoms with van der Waals surface area (Å²) in [6.45, 7) is 7.32. The molecule has 0 N–H and O–H groups in total. The lowest BCUT2D eigenvalue weighted by atomic mass is 10.0. The van der Waals surface area contributed by atoms with E-state index < -0.39 is 0 Å². The van der Waals surface area contributed by atoms with Gasteiger partial charge in [-0.05, 0) is 32.6 Å². The molecule has 12 heavy (non-hydrogen) atoms. The summed E-state index contributed by atoms with van der Waals surface area (Å²) in [5.74, 6) is 0.800. The maximum Gasteiger partial charge on any atom is 0.0518 e. The molecule has 0 heterocycles. The molecule has 0 aliphatic carbocycles. The fourth-order valence-corrected chi connectivity index (χ4v) is 1.82. The van der Waals surface area contributed by atoms with Crippen LogP contribution in [-0.4, -0.2) is 18.0 Å². The number of rotatable bonds is 7. The van der Waals surface area contributed by atoms with Crippen LogP contribution in [0.25, 0.3) is 0 Å². The average molecular weight is 237 g/mol. The quantitative estimate of drug-likeness (QED) is 0.614. The van der Waals surface area contributed by atoms with E-state index in [2.05, 4.69) is 36.7 Å². The van der Waals surface area contributed by atoms with Crippen molar-refractivity contribution in [2.75, 3.05) is 11.9 Å². The van der Waals surface area contributed by atoms with Gasteiger partial charge in [-0.2, -0.15) is 0 Å². The van der Waals surface area contributed by atoms with Gasteiger partial charge in [0, 0.05) is 11.9 Å². The first-order valence-electron chi connectivity index (χ1n) is 4.88. The third-order valence-corrected chi connectivity index (χ3v) is 2.81. The Morgan fingerprint density at radius 3 is 2.33 bits per heavy atom. The van der Waals surface area contributed by atoms with Crippen molar-refractivity contribution in [1.29, 1.82) is 0 Å². The van der Waals surface area contributed by atoms with Gasteiger partial charge in [-0.15, -0.1) is 0 Å². The first kappa shape index (κ1) is 12.4. The molecule has 0 amide bonds. The molecule has 0 fully saturated rings.